The van der Waals surface area contributed by atoms with Gasteiger partial charge in [0.05, 0.1) is 23.5 Å². The molecule has 0 saturated heterocycles. The number of hydrogen-bond acceptors (Lipinski definition) is 1. The number of rotatable bonds is 2. The molecule has 1 N–H and O–H groups in total. The number of fused-ring (bicyclic) bond motifs is 3. The highest BCUT2D eigenvalue weighted by atomic mass is 35.5. The van der Waals surface area contributed by atoms with Gasteiger partial charge >= 0.3 is 12.2 Å². The molecule has 8 heteroatoms. The number of nitrogens with zero attached hydrogens (tertiary/aromatic N) is 2. The number of alkyl halides is 3. The molecule has 2 heterocycles. The summed E-state index contributed by atoms with van der Waals surface area (Å²) in [7, 11) is 0. The zero-order chi connectivity index (χ0) is 23.9. The van der Waals surface area contributed by atoms with Crippen LogP contribution in [0.25, 0.3) is 5.69 Å². The van der Waals surface area contributed by atoms with Crippen LogP contribution in [0.1, 0.15) is 28.4 Å². The molecule has 4 nitrogen and oxygen atoms in total. The highest BCUT2D eigenvalue weighted by Gasteiger charge is 2.35. The minimum atomic E-state index is -4.51. The molecule has 2 amide bonds. The molecule has 0 spiro atoms. The van der Waals surface area contributed by atoms with Gasteiger partial charge in [0.25, 0.3) is 0 Å². The van der Waals surface area contributed by atoms with E-state index in [2.05, 4.69) is 5.32 Å². The van der Waals surface area contributed by atoms with Crippen LogP contribution in [0, 0.1) is 0 Å². The maximum absolute atomic E-state index is 13.6. The van der Waals surface area contributed by atoms with Crippen LogP contribution in [0.3, 0.4) is 0 Å². The highest BCUT2D eigenvalue weighted by molar-refractivity contribution is 6.31. The Morgan fingerprint density at radius 1 is 0.941 bits per heavy atom. The summed E-state index contributed by atoms with van der Waals surface area (Å²) in [5.41, 5.74) is 2.59. The van der Waals surface area contributed by atoms with Crippen LogP contribution < -0.4 is 5.32 Å². The van der Waals surface area contributed by atoms with Gasteiger partial charge in [0, 0.05) is 16.9 Å². The Morgan fingerprint density at radius 3 is 2.50 bits per heavy atom. The summed E-state index contributed by atoms with van der Waals surface area (Å²) in [5.74, 6) is 0. The first kappa shape index (κ1) is 22.1. The molecule has 5 rings (SSSR count). The average Bonchev–Trinajstić information content (AvgIpc) is 3.24. The number of aromatic nitrogens is 1. The second kappa shape index (κ2) is 8.57. The van der Waals surface area contributed by atoms with Gasteiger partial charge in [0.2, 0.25) is 0 Å². The largest absolute Gasteiger partial charge is 0.416 e. The molecule has 0 unspecified atom stereocenters. The van der Waals surface area contributed by atoms with Crippen LogP contribution in [0.4, 0.5) is 23.7 Å². The van der Waals surface area contributed by atoms with Crippen LogP contribution in [-0.2, 0) is 12.7 Å². The maximum atomic E-state index is 13.6. The lowest BCUT2D eigenvalue weighted by molar-refractivity contribution is -0.137. The van der Waals surface area contributed by atoms with E-state index in [1.165, 1.54) is 12.1 Å². The lowest BCUT2D eigenvalue weighted by Crippen LogP contribution is -2.38. The van der Waals surface area contributed by atoms with E-state index >= 15 is 0 Å². The predicted molar refractivity (Wildman–Crippen MR) is 125 cm³/mol. The Morgan fingerprint density at radius 2 is 1.71 bits per heavy atom. The van der Waals surface area contributed by atoms with Crippen molar-refractivity contribution in [3.05, 3.63) is 119 Å². The first-order chi connectivity index (χ1) is 16.3. The number of amides is 2. The van der Waals surface area contributed by atoms with Crippen molar-refractivity contribution in [2.45, 2.75) is 18.8 Å². The third-order valence-electron chi connectivity index (χ3n) is 5.87. The number of hydrogen-bond donors (Lipinski definition) is 1. The summed E-state index contributed by atoms with van der Waals surface area (Å²) in [6.07, 6.45) is -2.59. The summed E-state index contributed by atoms with van der Waals surface area (Å²) in [4.78, 5) is 15.2. The number of urea groups is 1. The smallest absolute Gasteiger partial charge is 0.318 e. The Bertz CT molecular complexity index is 1370. The van der Waals surface area contributed by atoms with Crippen LogP contribution in [0.15, 0.2) is 91.1 Å². The minimum absolute atomic E-state index is 0.0608. The van der Waals surface area contributed by atoms with Gasteiger partial charge in [-0.1, -0.05) is 54.1 Å². The molecule has 4 aromatic rings. The fourth-order valence-electron chi connectivity index (χ4n) is 4.33. The SMILES string of the molecule is O=C(Nc1cccc(C(F)(F)F)c1)N1Cc2ccccc2-n2cccc2[C@H]1c1ccccc1Cl. The van der Waals surface area contributed by atoms with E-state index in [1.807, 2.05) is 65.4 Å². The molecule has 1 aromatic heterocycles. The number of anilines is 1. The Hall–Kier alpha value is -3.71. The van der Waals surface area contributed by atoms with Crippen molar-refractivity contribution in [2.75, 3.05) is 5.32 Å². The maximum Gasteiger partial charge on any atom is 0.416 e. The van der Waals surface area contributed by atoms with Gasteiger partial charge in [-0.2, -0.15) is 13.2 Å². The van der Waals surface area contributed by atoms with E-state index in [0.29, 0.717) is 5.02 Å². The number of carbonyl (C=O) groups excluding carboxylic acids is 1. The Balaban J connectivity index is 1.61. The van der Waals surface area contributed by atoms with Crippen molar-refractivity contribution in [3.8, 4) is 5.69 Å². The second-order valence-electron chi connectivity index (χ2n) is 7.99. The summed E-state index contributed by atoms with van der Waals surface area (Å²) in [6.45, 7) is 0.235. The molecule has 172 valence electrons. The first-order valence-electron chi connectivity index (χ1n) is 10.6. The molecule has 0 aliphatic carbocycles. The number of nitrogens with one attached hydrogen (secondary N) is 1. The van der Waals surface area contributed by atoms with Crippen molar-refractivity contribution < 1.29 is 18.0 Å². The Labute approximate surface area is 199 Å². The van der Waals surface area contributed by atoms with Gasteiger partial charge in [-0.3, -0.25) is 0 Å². The lowest BCUT2D eigenvalue weighted by atomic mass is 10.0. The van der Waals surface area contributed by atoms with Crippen LogP contribution in [0.2, 0.25) is 5.02 Å². The van der Waals surface area contributed by atoms with Crippen molar-refractivity contribution in [3.63, 3.8) is 0 Å². The van der Waals surface area contributed by atoms with Crippen molar-refractivity contribution in [2.24, 2.45) is 0 Å². The first-order valence-corrected chi connectivity index (χ1v) is 11.0. The number of para-hydroxylation sites is 1. The van der Waals surface area contributed by atoms with Gasteiger partial charge in [-0.25, -0.2) is 4.79 Å². The molecule has 0 fully saturated rings. The van der Waals surface area contributed by atoms with Gasteiger partial charge < -0.3 is 14.8 Å². The van der Waals surface area contributed by atoms with Crippen molar-refractivity contribution in [1.29, 1.82) is 0 Å². The van der Waals surface area contributed by atoms with Gasteiger partial charge in [0.15, 0.2) is 0 Å². The number of carbonyl (C=O) groups is 1. The summed E-state index contributed by atoms with van der Waals surface area (Å²) in [6, 6.07) is 22.3. The molecule has 3 aromatic carbocycles. The fraction of sp³-hybridized carbons (Fsp3) is 0.115. The van der Waals surface area contributed by atoms with Gasteiger partial charge in [0.1, 0.15) is 6.04 Å². The minimum Gasteiger partial charge on any atom is -0.318 e. The standard InChI is InChI=1S/C26H19ClF3N3O/c27-21-11-3-2-10-20(21)24-23-13-6-14-32(23)22-12-4-1-7-17(22)16-33(24)25(34)31-19-9-5-8-18(15-19)26(28,29)30/h1-15,24H,16H2,(H,31,34)/t24-/m1/s1. The third kappa shape index (κ3) is 4.03. The van der Waals surface area contributed by atoms with Crippen LogP contribution in [-0.4, -0.2) is 15.5 Å². The lowest BCUT2D eigenvalue weighted by Gasteiger charge is -2.31. The predicted octanol–water partition coefficient (Wildman–Crippen LogP) is 7.29. The summed E-state index contributed by atoms with van der Waals surface area (Å²) < 4.78 is 41.6. The highest BCUT2D eigenvalue weighted by Crippen LogP contribution is 2.39. The third-order valence-corrected chi connectivity index (χ3v) is 6.21. The topological polar surface area (TPSA) is 37.3 Å². The summed E-state index contributed by atoms with van der Waals surface area (Å²) >= 11 is 6.56. The van der Waals surface area contributed by atoms with Crippen molar-refractivity contribution >= 4 is 23.3 Å². The Kier molecular flexibility index (Phi) is 5.57. The number of halogens is 4. The van der Waals surface area contributed by atoms with E-state index < -0.39 is 23.8 Å². The van der Waals surface area contributed by atoms with Gasteiger partial charge in [-0.05, 0) is 53.6 Å². The molecule has 0 radical (unpaired) electrons. The molecule has 1 atom stereocenters. The zero-order valence-corrected chi connectivity index (χ0v) is 18.5. The molecule has 0 saturated carbocycles. The second-order valence-corrected chi connectivity index (χ2v) is 8.40. The quantitative estimate of drug-likeness (QED) is 0.321. The molecule has 1 aliphatic rings. The molecule has 34 heavy (non-hydrogen) atoms. The van der Waals surface area contributed by atoms with Gasteiger partial charge in [-0.15, -0.1) is 0 Å². The summed E-state index contributed by atoms with van der Waals surface area (Å²) in [5, 5.41) is 3.15. The monoisotopic (exact) mass is 481 g/mol. The molecular weight excluding hydrogens is 463 g/mol. The number of benzene rings is 3. The van der Waals surface area contributed by atoms with E-state index in [-0.39, 0.29) is 12.2 Å². The molecule has 0 bridgehead atoms. The van der Waals surface area contributed by atoms with Crippen LogP contribution in [0.5, 0.6) is 0 Å². The van der Waals surface area contributed by atoms with E-state index in [9.17, 15) is 18.0 Å². The van der Waals surface area contributed by atoms with Crippen LogP contribution >= 0.6 is 11.6 Å². The normalized spacial score (nSPS) is 15.3. The fourth-order valence-corrected chi connectivity index (χ4v) is 4.57. The zero-order valence-electron chi connectivity index (χ0n) is 17.8. The van der Waals surface area contributed by atoms with E-state index in [0.717, 1.165) is 34.6 Å². The molecular formula is C26H19ClF3N3O. The van der Waals surface area contributed by atoms with Crippen molar-refractivity contribution in [1.82, 2.24) is 9.47 Å². The van der Waals surface area contributed by atoms with E-state index in [4.69, 9.17) is 11.6 Å². The molecule has 1 aliphatic heterocycles. The average molecular weight is 482 g/mol. The van der Waals surface area contributed by atoms with E-state index in [1.54, 1.807) is 11.0 Å².